The fourth-order valence-corrected chi connectivity index (χ4v) is 3.43. The number of hydrogen-bond donors (Lipinski definition) is 0. The smallest absolute Gasteiger partial charge is 0.320 e. The molecule has 142 valence electrons. The molecule has 2 aliphatic rings. The van der Waals surface area contributed by atoms with Crippen molar-refractivity contribution in [2.24, 2.45) is 5.92 Å². The van der Waals surface area contributed by atoms with Crippen molar-refractivity contribution in [2.45, 2.75) is 20.3 Å². The Morgan fingerprint density at radius 3 is 2.28 bits per heavy atom. The van der Waals surface area contributed by atoms with Crippen LogP contribution in [-0.2, 0) is 14.3 Å². The Bertz CT molecular complexity index is 487. The molecular weight excluding hydrogens is 324 g/mol. The first-order valence-corrected chi connectivity index (χ1v) is 9.11. The molecule has 2 heterocycles. The molecule has 0 aromatic heterocycles. The van der Waals surface area contributed by atoms with E-state index in [0.717, 1.165) is 0 Å². The van der Waals surface area contributed by atoms with Crippen LogP contribution in [0.3, 0.4) is 0 Å². The van der Waals surface area contributed by atoms with E-state index >= 15 is 0 Å². The lowest BCUT2D eigenvalue weighted by atomic mass is 10.1. The van der Waals surface area contributed by atoms with E-state index in [1.807, 2.05) is 18.7 Å². The fraction of sp³-hybridized carbons (Fsp3) is 0.824. The molecule has 0 saturated carbocycles. The molecule has 2 aliphatic heterocycles. The van der Waals surface area contributed by atoms with Gasteiger partial charge in [-0.3, -0.25) is 9.59 Å². The summed E-state index contributed by atoms with van der Waals surface area (Å²) in [6.07, 6.45) is 0.279. The molecule has 0 bridgehead atoms. The molecule has 1 atom stereocenters. The highest BCUT2D eigenvalue weighted by atomic mass is 16.5. The number of ether oxygens (including phenoxy) is 1. The average Bonchev–Trinajstić information content (AvgIpc) is 3.01. The van der Waals surface area contributed by atoms with E-state index in [4.69, 9.17) is 4.74 Å². The number of carbonyl (C=O) groups excluding carboxylic acids is 3. The lowest BCUT2D eigenvalue weighted by molar-refractivity contribution is -0.137. The number of methoxy groups -OCH3 is 1. The van der Waals surface area contributed by atoms with E-state index in [-0.39, 0.29) is 30.2 Å². The second kappa shape index (κ2) is 9.03. The zero-order chi connectivity index (χ0) is 18.4. The summed E-state index contributed by atoms with van der Waals surface area (Å²) < 4.78 is 5.01. The molecule has 4 amide bonds. The van der Waals surface area contributed by atoms with Gasteiger partial charge < -0.3 is 24.3 Å². The third-order valence-electron chi connectivity index (χ3n) is 5.02. The van der Waals surface area contributed by atoms with Gasteiger partial charge in [0.1, 0.15) is 0 Å². The third kappa shape index (κ3) is 4.62. The molecule has 8 nitrogen and oxygen atoms in total. The van der Waals surface area contributed by atoms with Crippen LogP contribution in [0.1, 0.15) is 20.3 Å². The molecule has 2 saturated heterocycles. The summed E-state index contributed by atoms with van der Waals surface area (Å²) in [4.78, 5) is 44.2. The summed E-state index contributed by atoms with van der Waals surface area (Å²) in [6, 6.07) is 0.0406. The van der Waals surface area contributed by atoms with E-state index < -0.39 is 0 Å². The normalized spacial score (nSPS) is 21.0. The molecule has 0 radical (unpaired) electrons. The Labute approximate surface area is 149 Å². The predicted molar refractivity (Wildman–Crippen MR) is 93.0 cm³/mol. The molecule has 25 heavy (non-hydrogen) atoms. The maximum atomic E-state index is 12.7. The second-order valence-corrected chi connectivity index (χ2v) is 6.50. The Hall–Kier alpha value is -1.83. The van der Waals surface area contributed by atoms with E-state index in [1.165, 1.54) is 0 Å². The second-order valence-electron chi connectivity index (χ2n) is 6.50. The van der Waals surface area contributed by atoms with Crippen molar-refractivity contribution in [3.8, 4) is 0 Å². The van der Waals surface area contributed by atoms with Crippen molar-refractivity contribution in [1.82, 2.24) is 19.6 Å². The minimum Gasteiger partial charge on any atom is -0.383 e. The van der Waals surface area contributed by atoms with E-state index in [2.05, 4.69) is 0 Å². The van der Waals surface area contributed by atoms with Gasteiger partial charge in [0.2, 0.25) is 11.8 Å². The molecule has 0 aromatic carbocycles. The topological polar surface area (TPSA) is 73.4 Å². The lowest BCUT2D eigenvalue weighted by Crippen LogP contribution is -2.55. The molecule has 0 spiro atoms. The highest BCUT2D eigenvalue weighted by Gasteiger charge is 2.37. The SMILES string of the molecule is CCN(CC)C(=O)N1CCN(C(=O)C2CC(=O)N(CCOC)C2)CC1. The third-order valence-corrected chi connectivity index (χ3v) is 5.02. The zero-order valence-corrected chi connectivity index (χ0v) is 15.6. The largest absolute Gasteiger partial charge is 0.383 e. The van der Waals surface area contributed by atoms with Crippen LogP contribution in [0.4, 0.5) is 4.79 Å². The van der Waals surface area contributed by atoms with Crippen molar-refractivity contribution in [3.63, 3.8) is 0 Å². The highest BCUT2D eigenvalue weighted by molar-refractivity contribution is 5.89. The van der Waals surface area contributed by atoms with Crippen molar-refractivity contribution in [3.05, 3.63) is 0 Å². The molecule has 1 unspecified atom stereocenters. The Morgan fingerprint density at radius 2 is 1.72 bits per heavy atom. The van der Waals surface area contributed by atoms with Crippen LogP contribution in [0.25, 0.3) is 0 Å². The molecule has 2 rings (SSSR count). The molecule has 8 heteroatoms. The van der Waals surface area contributed by atoms with Gasteiger partial charge in [-0.25, -0.2) is 4.79 Å². The van der Waals surface area contributed by atoms with Crippen LogP contribution in [0.2, 0.25) is 0 Å². The summed E-state index contributed by atoms with van der Waals surface area (Å²) in [6.45, 7) is 8.98. The van der Waals surface area contributed by atoms with Gasteiger partial charge in [-0.15, -0.1) is 0 Å². The standard InChI is InChI=1S/C17H30N4O4/c1-4-18(5-2)17(24)20-8-6-19(7-9-20)16(23)14-12-15(22)21(13-14)10-11-25-3/h14H,4-13H2,1-3H3. The van der Waals surface area contributed by atoms with Crippen LogP contribution < -0.4 is 0 Å². The minimum atomic E-state index is -0.269. The molecule has 0 aromatic rings. The number of rotatable bonds is 6. The van der Waals surface area contributed by atoms with Gasteiger partial charge in [-0.05, 0) is 13.8 Å². The lowest BCUT2D eigenvalue weighted by Gasteiger charge is -2.38. The summed E-state index contributed by atoms with van der Waals surface area (Å²) in [5.74, 6) is -0.219. The zero-order valence-electron chi connectivity index (χ0n) is 15.6. The van der Waals surface area contributed by atoms with Crippen molar-refractivity contribution >= 4 is 17.8 Å². The molecule has 2 fully saturated rings. The average molecular weight is 354 g/mol. The van der Waals surface area contributed by atoms with E-state index in [9.17, 15) is 14.4 Å². The van der Waals surface area contributed by atoms with Gasteiger partial charge in [-0.1, -0.05) is 0 Å². The Balaban J connectivity index is 1.83. The molecule has 0 N–H and O–H groups in total. The Morgan fingerprint density at radius 1 is 1.12 bits per heavy atom. The summed E-state index contributed by atoms with van der Waals surface area (Å²) in [7, 11) is 1.60. The van der Waals surface area contributed by atoms with Gasteiger partial charge in [0.05, 0.1) is 12.5 Å². The maximum Gasteiger partial charge on any atom is 0.320 e. The number of nitrogens with zero attached hydrogens (tertiary/aromatic N) is 4. The van der Waals surface area contributed by atoms with E-state index in [0.29, 0.717) is 59.0 Å². The number of hydrogen-bond acceptors (Lipinski definition) is 4. The number of urea groups is 1. The summed E-state index contributed by atoms with van der Waals surface area (Å²) in [5, 5.41) is 0. The Kier molecular flexibility index (Phi) is 7.04. The molecule has 0 aliphatic carbocycles. The van der Waals surface area contributed by atoms with Crippen LogP contribution >= 0.6 is 0 Å². The minimum absolute atomic E-state index is 0.0192. The summed E-state index contributed by atoms with van der Waals surface area (Å²) >= 11 is 0. The van der Waals surface area contributed by atoms with E-state index in [1.54, 1.807) is 21.8 Å². The van der Waals surface area contributed by atoms with Crippen molar-refractivity contribution < 1.29 is 19.1 Å². The first-order valence-electron chi connectivity index (χ1n) is 9.11. The predicted octanol–water partition coefficient (Wildman–Crippen LogP) is 0.0873. The van der Waals surface area contributed by atoms with Gasteiger partial charge in [0, 0.05) is 65.9 Å². The van der Waals surface area contributed by atoms with Gasteiger partial charge in [0.15, 0.2) is 0 Å². The van der Waals surface area contributed by atoms with Crippen LogP contribution in [-0.4, -0.2) is 104 Å². The van der Waals surface area contributed by atoms with Crippen molar-refractivity contribution in [1.29, 1.82) is 0 Å². The quantitative estimate of drug-likeness (QED) is 0.677. The van der Waals surface area contributed by atoms with Crippen LogP contribution in [0.5, 0.6) is 0 Å². The van der Waals surface area contributed by atoms with Gasteiger partial charge in [0.25, 0.3) is 0 Å². The molecular formula is C17H30N4O4. The number of carbonyl (C=O) groups is 3. The number of amides is 4. The van der Waals surface area contributed by atoms with Crippen molar-refractivity contribution in [2.75, 3.05) is 66.1 Å². The number of piperazine rings is 1. The highest BCUT2D eigenvalue weighted by Crippen LogP contribution is 2.21. The maximum absolute atomic E-state index is 12.7. The first kappa shape index (κ1) is 19.5. The van der Waals surface area contributed by atoms with Gasteiger partial charge in [-0.2, -0.15) is 0 Å². The van der Waals surface area contributed by atoms with Crippen LogP contribution in [0.15, 0.2) is 0 Å². The van der Waals surface area contributed by atoms with Crippen LogP contribution in [0, 0.1) is 5.92 Å². The summed E-state index contributed by atoms with van der Waals surface area (Å²) in [5.41, 5.74) is 0. The first-order chi connectivity index (χ1) is 12.0. The monoisotopic (exact) mass is 354 g/mol. The fourth-order valence-electron chi connectivity index (χ4n) is 3.43. The van der Waals surface area contributed by atoms with Gasteiger partial charge >= 0.3 is 6.03 Å². The number of likely N-dealkylation sites (tertiary alicyclic amines) is 1.